The predicted molar refractivity (Wildman–Crippen MR) is 93.8 cm³/mol. The molecule has 0 aliphatic rings. The van der Waals surface area contributed by atoms with Gasteiger partial charge in [-0.3, -0.25) is 4.72 Å². The van der Waals surface area contributed by atoms with E-state index in [4.69, 9.17) is 0 Å². The van der Waals surface area contributed by atoms with Crippen LogP contribution >= 0.6 is 0 Å². The number of hydrogen-bond donors (Lipinski definition) is 1. The van der Waals surface area contributed by atoms with Crippen molar-refractivity contribution in [2.75, 3.05) is 4.72 Å². The van der Waals surface area contributed by atoms with Gasteiger partial charge in [0.2, 0.25) is 0 Å². The van der Waals surface area contributed by atoms with Crippen molar-refractivity contribution in [3.63, 3.8) is 0 Å². The fraction of sp³-hybridized carbons (Fsp3) is 0.333. The zero-order chi connectivity index (χ0) is 18.8. The van der Waals surface area contributed by atoms with Crippen LogP contribution in [0.3, 0.4) is 0 Å². The minimum Gasteiger partial charge on any atom is -0.433 e. The Morgan fingerprint density at radius 3 is 2.16 bits per heavy atom. The number of nitrogens with one attached hydrogen (secondary N) is 1. The second-order valence-corrected chi connectivity index (χ2v) is 8.44. The van der Waals surface area contributed by atoms with Crippen LogP contribution in [0, 0.1) is 6.92 Å². The molecule has 25 heavy (non-hydrogen) atoms. The Bertz CT molecular complexity index is 842. The van der Waals surface area contributed by atoms with Crippen molar-refractivity contribution in [2.24, 2.45) is 0 Å². The van der Waals surface area contributed by atoms with Gasteiger partial charge in [0.15, 0.2) is 0 Å². The van der Waals surface area contributed by atoms with Gasteiger partial charge in [-0.25, -0.2) is 8.42 Å². The Hall–Kier alpha value is -2.15. The zero-order valence-electron chi connectivity index (χ0n) is 14.5. The quantitative estimate of drug-likeness (QED) is 0.831. The van der Waals surface area contributed by atoms with E-state index < -0.39 is 16.6 Å². The van der Waals surface area contributed by atoms with E-state index in [9.17, 15) is 17.2 Å². The molecule has 0 saturated heterocycles. The Morgan fingerprint density at radius 2 is 1.64 bits per heavy atom. The Balaban J connectivity index is 2.33. The lowest BCUT2D eigenvalue weighted by molar-refractivity contribution is -0.0493. The second kappa shape index (κ2) is 7.00. The van der Waals surface area contributed by atoms with E-state index in [-0.39, 0.29) is 21.7 Å². The second-order valence-electron chi connectivity index (χ2n) is 6.76. The molecular formula is C18H21F2NO3S. The monoisotopic (exact) mass is 369 g/mol. The maximum atomic E-state index is 12.5. The van der Waals surface area contributed by atoms with E-state index in [2.05, 4.69) is 9.46 Å². The molecule has 2 aromatic rings. The van der Waals surface area contributed by atoms with Crippen LogP contribution in [0.1, 0.15) is 31.9 Å². The van der Waals surface area contributed by atoms with Gasteiger partial charge in [-0.1, -0.05) is 39.0 Å². The normalized spacial score (nSPS) is 12.3. The Labute approximate surface area is 146 Å². The number of benzene rings is 2. The molecule has 2 rings (SSSR count). The van der Waals surface area contributed by atoms with E-state index in [0.29, 0.717) is 5.56 Å². The number of rotatable bonds is 5. The van der Waals surface area contributed by atoms with Gasteiger partial charge >= 0.3 is 6.61 Å². The summed E-state index contributed by atoms with van der Waals surface area (Å²) in [5.41, 5.74) is 1.52. The van der Waals surface area contributed by atoms with Gasteiger partial charge in [-0.15, -0.1) is 0 Å². The number of alkyl halides is 2. The van der Waals surface area contributed by atoms with Gasteiger partial charge in [0.05, 0.1) is 10.6 Å². The van der Waals surface area contributed by atoms with Crippen LogP contribution in [0.15, 0.2) is 47.4 Å². The first-order valence-corrected chi connectivity index (χ1v) is 9.16. The molecule has 0 spiro atoms. The van der Waals surface area contributed by atoms with E-state index in [1.165, 1.54) is 24.3 Å². The van der Waals surface area contributed by atoms with Crippen LogP contribution in [0.4, 0.5) is 14.5 Å². The highest BCUT2D eigenvalue weighted by Crippen LogP contribution is 2.30. The summed E-state index contributed by atoms with van der Waals surface area (Å²) in [6.07, 6.45) is 0. The molecule has 0 aromatic heterocycles. The molecular weight excluding hydrogens is 348 g/mol. The Morgan fingerprint density at radius 1 is 1.04 bits per heavy atom. The molecule has 0 heterocycles. The molecule has 0 atom stereocenters. The predicted octanol–water partition coefficient (Wildman–Crippen LogP) is 4.69. The van der Waals surface area contributed by atoms with Crippen LogP contribution in [0.5, 0.6) is 5.75 Å². The van der Waals surface area contributed by atoms with Crippen molar-refractivity contribution in [2.45, 2.75) is 44.6 Å². The third-order valence-corrected chi connectivity index (χ3v) is 5.01. The zero-order valence-corrected chi connectivity index (χ0v) is 15.3. The van der Waals surface area contributed by atoms with Gasteiger partial charge in [0.1, 0.15) is 5.75 Å². The lowest BCUT2D eigenvalue weighted by atomic mass is 9.87. The van der Waals surface area contributed by atoms with Crippen molar-refractivity contribution in [3.05, 3.63) is 53.6 Å². The average molecular weight is 369 g/mol. The molecule has 136 valence electrons. The van der Waals surface area contributed by atoms with Crippen molar-refractivity contribution in [1.29, 1.82) is 0 Å². The van der Waals surface area contributed by atoms with E-state index in [0.717, 1.165) is 5.56 Å². The highest BCUT2D eigenvalue weighted by atomic mass is 32.2. The highest BCUT2D eigenvalue weighted by molar-refractivity contribution is 7.92. The molecule has 0 saturated carbocycles. The molecule has 4 nitrogen and oxygen atoms in total. The molecule has 7 heteroatoms. The Kier molecular flexibility index (Phi) is 5.37. The minimum atomic E-state index is -3.92. The summed E-state index contributed by atoms with van der Waals surface area (Å²) in [5, 5.41) is 0. The summed E-state index contributed by atoms with van der Waals surface area (Å²) in [7, 11) is -3.92. The summed E-state index contributed by atoms with van der Waals surface area (Å²) in [5.74, 6) is -0.218. The lowest BCUT2D eigenvalue weighted by Crippen LogP contribution is -2.16. The summed E-state index contributed by atoms with van der Waals surface area (Å²) in [6, 6.07) is 10.8. The number of sulfonamides is 1. The fourth-order valence-corrected chi connectivity index (χ4v) is 3.32. The summed E-state index contributed by atoms with van der Waals surface area (Å²) >= 11 is 0. The molecule has 2 aromatic carbocycles. The van der Waals surface area contributed by atoms with Crippen LogP contribution in [0.2, 0.25) is 0 Å². The summed E-state index contributed by atoms with van der Waals surface area (Å²) in [4.78, 5) is 0.0454. The molecule has 1 N–H and O–H groups in total. The number of halogens is 2. The summed E-state index contributed by atoms with van der Waals surface area (Å²) in [6.45, 7) is 4.72. The highest BCUT2D eigenvalue weighted by Gasteiger charge is 2.20. The third-order valence-electron chi connectivity index (χ3n) is 3.63. The molecule has 0 fully saturated rings. The molecule has 0 bridgehead atoms. The smallest absolute Gasteiger partial charge is 0.387 e. The van der Waals surface area contributed by atoms with Gasteiger partial charge in [-0.05, 0) is 47.7 Å². The lowest BCUT2D eigenvalue weighted by Gasteiger charge is -2.19. The minimum absolute atomic E-state index is 0.0363. The van der Waals surface area contributed by atoms with Crippen molar-refractivity contribution >= 4 is 15.7 Å². The average Bonchev–Trinajstić information content (AvgIpc) is 2.49. The van der Waals surface area contributed by atoms with Crippen molar-refractivity contribution in [1.82, 2.24) is 0 Å². The maximum absolute atomic E-state index is 12.5. The first kappa shape index (κ1) is 19.2. The van der Waals surface area contributed by atoms with Crippen LogP contribution in [-0.4, -0.2) is 15.0 Å². The van der Waals surface area contributed by atoms with Crippen molar-refractivity contribution < 1.29 is 21.9 Å². The first-order chi connectivity index (χ1) is 11.5. The number of hydrogen-bond acceptors (Lipinski definition) is 3. The van der Waals surface area contributed by atoms with Gasteiger partial charge in [-0.2, -0.15) is 8.78 Å². The third kappa shape index (κ3) is 4.92. The molecule has 0 radical (unpaired) electrons. The number of aryl methyl sites for hydroxylation is 1. The SMILES string of the molecule is Cc1ccc(NS(=O)(=O)c2ccc(C(C)(C)C)cc2)c(OC(F)F)c1. The van der Waals surface area contributed by atoms with E-state index in [1.54, 1.807) is 25.1 Å². The fourth-order valence-electron chi connectivity index (χ4n) is 2.25. The van der Waals surface area contributed by atoms with Gasteiger partial charge in [0.25, 0.3) is 10.0 Å². The van der Waals surface area contributed by atoms with Gasteiger partial charge < -0.3 is 4.74 Å². The molecule has 0 aliphatic heterocycles. The first-order valence-electron chi connectivity index (χ1n) is 7.68. The molecule has 0 amide bonds. The van der Waals surface area contributed by atoms with Crippen LogP contribution < -0.4 is 9.46 Å². The topological polar surface area (TPSA) is 55.4 Å². The van der Waals surface area contributed by atoms with Crippen LogP contribution in [-0.2, 0) is 15.4 Å². The standard InChI is InChI=1S/C18H21F2NO3S/c1-12-5-10-15(16(11-12)24-17(19)20)21-25(22,23)14-8-6-13(7-9-14)18(2,3)4/h5-11,17,21H,1-4H3. The van der Waals surface area contributed by atoms with E-state index in [1.807, 2.05) is 20.8 Å². The molecule has 0 unspecified atom stereocenters. The maximum Gasteiger partial charge on any atom is 0.387 e. The van der Waals surface area contributed by atoms with Crippen molar-refractivity contribution in [3.8, 4) is 5.75 Å². The number of anilines is 1. The van der Waals surface area contributed by atoms with Gasteiger partial charge in [0, 0.05) is 0 Å². The summed E-state index contributed by atoms with van der Waals surface area (Å²) < 4.78 is 56.9. The van der Waals surface area contributed by atoms with E-state index >= 15 is 0 Å². The largest absolute Gasteiger partial charge is 0.433 e. The van der Waals surface area contributed by atoms with Crippen LogP contribution in [0.25, 0.3) is 0 Å². The number of ether oxygens (including phenoxy) is 1. The molecule has 0 aliphatic carbocycles.